The molecule has 2 nitrogen and oxygen atoms in total. The summed E-state index contributed by atoms with van der Waals surface area (Å²) in [6.45, 7) is 2.30. The smallest absolute Gasteiger partial charge is 0.0621 e. The maximum Gasteiger partial charge on any atom is 0.0621 e. The Morgan fingerprint density at radius 2 is 0.875 bits per heavy atom. The molecule has 32 heavy (non-hydrogen) atoms. The lowest BCUT2D eigenvalue weighted by Crippen LogP contribution is -1.89. The Morgan fingerprint density at radius 1 is 0.500 bits per heavy atom. The first-order valence-corrected chi connectivity index (χ1v) is 14.3. The Kier molecular flexibility index (Phi) is 26.6. The highest BCUT2D eigenvalue weighted by Gasteiger charge is 2.00. The summed E-state index contributed by atoms with van der Waals surface area (Å²) in [5.74, 6) is 0. The number of hydrogen-bond acceptors (Lipinski definition) is 2. The summed E-state index contributed by atoms with van der Waals surface area (Å²) in [6, 6.07) is 4.48. The van der Waals surface area contributed by atoms with Crippen molar-refractivity contribution in [3.05, 3.63) is 11.6 Å². The summed E-state index contributed by atoms with van der Waals surface area (Å²) in [6.07, 6.45) is 34.5. The third-order valence-electron chi connectivity index (χ3n) is 6.56. The van der Waals surface area contributed by atoms with Crippen molar-refractivity contribution < 1.29 is 0 Å². The van der Waals surface area contributed by atoms with Crippen LogP contribution in [0.5, 0.6) is 0 Å². The van der Waals surface area contributed by atoms with Crippen LogP contribution in [0, 0.1) is 22.7 Å². The Balaban J connectivity index is 3.76. The van der Waals surface area contributed by atoms with Gasteiger partial charge in [0.25, 0.3) is 0 Å². The minimum Gasteiger partial charge on any atom is -0.198 e. The van der Waals surface area contributed by atoms with Crippen LogP contribution in [0.15, 0.2) is 11.6 Å². The van der Waals surface area contributed by atoms with E-state index in [0.717, 1.165) is 25.7 Å². The normalized spacial score (nSPS) is 11.4. The highest BCUT2D eigenvalue weighted by molar-refractivity contribution is 5.02. The first-order chi connectivity index (χ1) is 15.8. The fraction of sp³-hybridized carbons (Fsp3) is 0.867. The van der Waals surface area contributed by atoms with Crippen molar-refractivity contribution in [2.75, 3.05) is 0 Å². The SMILES string of the molecule is CCCCCC/C(=C\CCCCCCCC#N)CCCCCCCCCCCCCC#N. The number of unbranched alkanes of at least 4 members (excludes halogenated alkanes) is 20. The number of allylic oxidation sites excluding steroid dienone is 2. The molecular formula is C30H54N2. The molecule has 0 saturated heterocycles. The molecule has 0 unspecified atom stereocenters. The molecule has 0 aliphatic carbocycles. The van der Waals surface area contributed by atoms with Gasteiger partial charge in [-0.05, 0) is 51.4 Å². The van der Waals surface area contributed by atoms with Gasteiger partial charge in [-0.25, -0.2) is 0 Å². The third-order valence-corrected chi connectivity index (χ3v) is 6.56. The van der Waals surface area contributed by atoms with Crippen LogP contribution in [-0.2, 0) is 0 Å². The van der Waals surface area contributed by atoms with Gasteiger partial charge in [-0.15, -0.1) is 0 Å². The molecule has 0 radical (unpaired) electrons. The zero-order chi connectivity index (χ0) is 23.4. The molecule has 0 aliphatic rings. The largest absolute Gasteiger partial charge is 0.198 e. The van der Waals surface area contributed by atoms with Gasteiger partial charge in [0, 0.05) is 12.8 Å². The number of hydrogen-bond donors (Lipinski definition) is 0. The molecule has 2 heteroatoms. The summed E-state index contributed by atoms with van der Waals surface area (Å²) in [7, 11) is 0. The summed E-state index contributed by atoms with van der Waals surface area (Å²) in [4.78, 5) is 0. The summed E-state index contributed by atoms with van der Waals surface area (Å²) in [5, 5.41) is 17.1. The van der Waals surface area contributed by atoms with Crippen molar-refractivity contribution in [2.24, 2.45) is 0 Å². The predicted molar refractivity (Wildman–Crippen MR) is 140 cm³/mol. The topological polar surface area (TPSA) is 47.6 Å². The van der Waals surface area contributed by atoms with Gasteiger partial charge in [-0.2, -0.15) is 10.5 Å². The van der Waals surface area contributed by atoms with Crippen LogP contribution in [-0.4, -0.2) is 0 Å². The van der Waals surface area contributed by atoms with Crippen LogP contribution in [0.1, 0.15) is 167 Å². The Hall–Kier alpha value is -1.28. The maximum absolute atomic E-state index is 8.60. The van der Waals surface area contributed by atoms with Gasteiger partial charge < -0.3 is 0 Å². The average molecular weight is 443 g/mol. The first kappa shape index (κ1) is 30.7. The van der Waals surface area contributed by atoms with Gasteiger partial charge in [0.15, 0.2) is 0 Å². The van der Waals surface area contributed by atoms with E-state index in [4.69, 9.17) is 10.5 Å². The van der Waals surface area contributed by atoms with E-state index in [9.17, 15) is 0 Å². The molecule has 184 valence electrons. The fourth-order valence-electron chi connectivity index (χ4n) is 4.44. The monoisotopic (exact) mass is 442 g/mol. The van der Waals surface area contributed by atoms with E-state index in [-0.39, 0.29) is 0 Å². The highest BCUT2D eigenvalue weighted by atomic mass is 14.2. The lowest BCUT2D eigenvalue weighted by molar-refractivity contribution is 0.544. The Bertz CT molecular complexity index is 480. The molecule has 0 bridgehead atoms. The van der Waals surface area contributed by atoms with E-state index in [1.165, 1.54) is 135 Å². The Morgan fingerprint density at radius 3 is 1.31 bits per heavy atom. The van der Waals surface area contributed by atoms with Gasteiger partial charge in [-0.1, -0.05) is 115 Å². The fourth-order valence-corrected chi connectivity index (χ4v) is 4.44. The van der Waals surface area contributed by atoms with Crippen LogP contribution in [0.3, 0.4) is 0 Å². The van der Waals surface area contributed by atoms with Gasteiger partial charge in [0.1, 0.15) is 0 Å². The van der Waals surface area contributed by atoms with Crippen molar-refractivity contribution in [1.29, 1.82) is 10.5 Å². The quantitative estimate of drug-likeness (QED) is 0.104. The molecule has 0 atom stereocenters. The van der Waals surface area contributed by atoms with E-state index < -0.39 is 0 Å². The zero-order valence-corrected chi connectivity index (χ0v) is 21.6. The molecule has 0 aromatic heterocycles. The van der Waals surface area contributed by atoms with Crippen molar-refractivity contribution in [1.82, 2.24) is 0 Å². The number of nitriles is 2. The first-order valence-electron chi connectivity index (χ1n) is 14.3. The summed E-state index contributed by atoms with van der Waals surface area (Å²) in [5.41, 5.74) is 1.74. The second-order valence-corrected chi connectivity index (χ2v) is 9.68. The highest BCUT2D eigenvalue weighted by Crippen LogP contribution is 2.20. The number of rotatable bonds is 25. The van der Waals surface area contributed by atoms with Crippen molar-refractivity contribution in [2.45, 2.75) is 167 Å². The van der Waals surface area contributed by atoms with Crippen LogP contribution < -0.4 is 0 Å². The number of nitrogens with zero attached hydrogens (tertiary/aromatic N) is 2. The van der Waals surface area contributed by atoms with E-state index >= 15 is 0 Å². The van der Waals surface area contributed by atoms with Crippen LogP contribution in [0.25, 0.3) is 0 Å². The molecule has 0 spiro atoms. The summed E-state index contributed by atoms with van der Waals surface area (Å²) >= 11 is 0. The lowest BCUT2D eigenvalue weighted by atomic mass is 9.98. The van der Waals surface area contributed by atoms with Gasteiger partial charge in [0.05, 0.1) is 12.1 Å². The van der Waals surface area contributed by atoms with E-state index in [1.54, 1.807) is 5.57 Å². The average Bonchev–Trinajstić information content (AvgIpc) is 2.80. The molecule has 0 saturated carbocycles. The molecular weight excluding hydrogens is 388 g/mol. The van der Waals surface area contributed by atoms with Gasteiger partial charge in [-0.3, -0.25) is 0 Å². The van der Waals surface area contributed by atoms with Crippen LogP contribution >= 0.6 is 0 Å². The summed E-state index contributed by atoms with van der Waals surface area (Å²) < 4.78 is 0. The van der Waals surface area contributed by atoms with E-state index in [2.05, 4.69) is 25.1 Å². The van der Waals surface area contributed by atoms with Crippen LogP contribution in [0.2, 0.25) is 0 Å². The lowest BCUT2D eigenvalue weighted by Gasteiger charge is -2.09. The van der Waals surface area contributed by atoms with Crippen molar-refractivity contribution in [3.8, 4) is 12.1 Å². The molecule has 0 amide bonds. The molecule has 0 aromatic rings. The van der Waals surface area contributed by atoms with Gasteiger partial charge >= 0.3 is 0 Å². The predicted octanol–water partition coefficient (Wildman–Crippen LogP) is 10.7. The molecule has 0 aliphatic heterocycles. The molecule has 0 rings (SSSR count). The minimum atomic E-state index is 0.728. The molecule has 0 aromatic carbocycles. The third kappa shape index (κ3) is 25.0. The standard InChI is InChI=1S/C30H54N2/c1-2-3-4-20-25-30(27-22-17-13-11-15-19-24-29-32)26-21-16-12-9-7-5-6-8-10-14-18-23-28-31/h27H,2-26H2,1H3/b30-27+. The Labute approximate surface area is 201 Å². The molecule has 0 heterocycles. The van der Waals surface area contributed by atoms with Crippen LogP contribution in [0.4, 0.5) is 0 Å². The maximum atomic E-state index is 8.60. The van der Waals surface area contributed by atoms with E-state index in [1.807, 2.05) is 0 Å². The van der Waals surface area contributed by atoms with Crippen molar-refractivity contribution >= 4 is 0 Å². The molecule has 0 fully saturated rings. The van der Waals surface area contributed by atoms with Crippen molar-refractivity contribution in [3.63, 3.8) is 0 Å². The van der Waals surface area contributed by atoms with E-state index in [0.29, 0.717) is 0 Å². The van der Waals surface area contributed by atoms with Gasteiger partial charge in [0.2, 0.25) is 0 Å². The second kappa shape index (κ2) is 27.8. The zero-order valence-electron chi connectivity index (χ0n) is 21.6. The molecule has 0 N–H and O–H groups in total. The minimum absolute atomic E-state index is 0.728. The second-order valence-electron chi connectivity index (χ2n) is 9.68.